The van der Waals surface area contributed by atoms with Gasteiger partial charge in [0.15, 0.2) is 5.78 Å². The van der Waals surface area contributed by atoms with Crippen molar-refractivity contribution in [2.75, 3.05) is 66.0 Å². The molecule has 3 saturated heterocycles. The zero-order valence-corrected chi connectivity index (χ0v) is 50.7. The van der Waals surface area contributed by atoms with Gasteiger partial charge in [0, 0.05) is 103 Å². The first-order chi connectivity index (χ1) is 39.1. The minimum Gasteiger partial charge on any atom is -0.460 e. The van der Waals surface area contributed by atoms with E-state index in [9.17, 15) is 39.0 Å². The monoisotopic (exact) mass is 1150 g/mol. The number of allylic oxidation sites excluding steroid dienone is 6. The third-order valence-corrected chi connectivity index (χ3v) is 17.8. The average molecular weight is 1150 g/mol. The van der Waals surface area contributed by atoms with Crippen LogP contribution in [0.25, 0.3) is 0 Å². The van der Waals surface area contributed by atoms with Gasteiger partial charge in [-0.15, -0.1) is 0 Å². The molecule has 5 aliphatic rings. The first kappa shape index (κ1) is 66.1. The number of amides is 1. The summed E-state index contributed by atoms with van der Waals surface area (Å²) >= 11 is 0. The molecule has 456 valence electrons. The van der Waals surface area contributed by atoms with Crippen LogP contribution in [0.1, 0.15) is 138 Å². The summed E-state index contributed by atoms with van der Waals surface area (Å²) in [7, 11) is 6.64. The molecule has 0 radical (unpaired) electrons. The number of Topliss-reactive ketones (excluding diaryl/α,β-unsaturated/α-hetero) is 3. The van der Waals surface area contributed by atoms with Crippen molar-refractivity contribution in [2.45, 2.75) is 193 Å². The number of aliphatic hydroxyl groups excluding tert-OH is 1. The molecular weight excluding hydrogens is 1050 g/mol. The Kier molecular flexibility index (Phi) is 25.2. The summed E-state index contributed by atoms with van der Waals surface area (Å²) in [5, 5.41) is 23.7. The maximum atomic E-state index is 14.7. The van der Waals surface area contributed by atoms with Gasteiger partial charge in [-0.25, -0.2) is 14.8 Å². The standard InChI is InChI=1S/C63H95N5O14/c1-39-17-13-12-14-18-40(2)52(77-9)35-48-23-20-45(7)63(76,82-48)59(73)60(74)68-26-16-15-19-49(68)61(75)81-53(36-50(69)41(3)32-44(6)57(72)58(79-11)56(71)43(5)31-39)42(4)33-46-21-24-51(54(34-46)78-10)80-55(70)25-22-47-37-64-62(65-38-47)67-29-27-66(8)28-30-67/h12-14,17-18,32,37-39,41-43,45-46,48-49,51-54,57-58,72,76H,15-16,19-31,33-36H2,1-11H3/b14-12+,17-13+,40-18+,44-32+/t39-,41-,42-,43?,45-,46+,48+,49+,51-,52+,53+,54-,57-,58+,63-/m1/s1. The van der Waals surface area contributed by atoms with Crippen LogP contribution in [0, 0.1) is 35.5 Å². The quantitative estimate of drug-likeness (QED) is 0.130. The molecule has 1 aliphatic carbocycles. The van der Waals surface area contributed by atoms with E-state index in [0.29, 0.717) is 82.2 Å². The number of hydrogen-bond acceptors (Lipinski definition) is 18. The molecule has 2 bridgehead atoms. The van der Waals surface area contributed by atoms with Crippen molar-refractivity contribution < 1.29 is 67.4 Å². The van der Waals surface area contributed by atoms with Gasteiger partial charge in [0.25, 0.3) is 11.7 Å². The number of carbonyl (C=O) groups excluding carboxylic acids is 6. The second-order valence-electron chi connectivity index (χ2n) is 24.2. The first-order valence-electron chi connectivity index (χ1n) is 30.0. The zero-order valence-electron chi connectivity index (χ0n) is 50.7. The molecule has 0 aromatic carbocycles. The van der Waals surface area contributed by atoms with E-state index in [1.807, 2.05) is 58.1 Å². The molecule has 5 heterocycles. The van der Waals surface area contributed by atoms with Crippen LogP contribution in [-0.2, 0) is 63.6 Å². The highest BCUT2D eigenvalue weighted by molar-refractivity contribution is 6.39. The van der Waals surface area contributed by atoms with Crippen LogP contribution in [-0.4, -0.2) is 181 Å². The SMILES string of the molecule is CO[C@H]1C[C@@H]2CC[C@@H](C)[C@@](O)(O2)C(=O)C(=O)N2CCCC[C@H]2C(=O)O[C@H]([C@H](C)C[C@@H]2CC[C@@H](OC(=O)CCc3cnc(N4CCN(C)CC4)nc3)[C@H](OC)C2)CC(=O)[C@H](C)/C=C(\C)[C@@H](O)[C@@H](OC)C(=O)C(C)C[C@H](C)/C=C/C=C/C=C/1C. The van der Waals surface area contributed by atoms with Gasteiger partial charge in [-0.05, 0) is 126 Å². The number of piperazine rings is 1. The normalized spacial score (nSPS) is 35.8. The summed E-state index contributed by atoms with van der Waals surface area (Å²) in [6.07, 6.45) is 14.8. The minimum atomic E-state index is -2.46. The highest BCUT2D eigenvalue weighted by Gasteiger charge is 2.53. The number of aromatic nitrogens is 2. The summed E-state index contributed by atoms with van der Waals surface area (Å²) in [5.74, 6) is -8.02. The lowest BCUT2D eigenvalue weighted by Crippen LogP contribution is -2.61. The fourth-order valence-electron chi connectivity index (χ4n) is 12.4. The number of ether oxygens (including phenoxy) is 6. The lowest BCUT2D eigenvalue weighted by Gasteiger charge is -2.42. The highest BCUT2D eigenvalue weighted by atomic mass is 16.6. The van der Waals surface area contributed by atoms with Crippen molar-refractivity contribution in [3.63, 3.8) is 0 Å². The number of aliphatic hydroxyl groups is 2. The number of aryl methyl sites for hydroxylation is 1. The number of piperidine rings is 1. The van der Waals surface area contributed by atoms with Crippen molar-refractivity contribution in [3.05, 3.63) is 65.6 Å². The Labute approximate surface area is 486 Å². The van der Waals surface area contributed by atoms with Gasteiger partial charge in [-0.2, -0.15) is 0 Å². The molecule has 1 unspecified atom stereocenters. The van der Waals surface area contributed by atoms with Crippen molar-refractivity contribution in [1.82, 2.24) is 19.8 Å². The number of cyclic esters (lactones) is 1. The molecule has 1 aromatic rings. The van der Waals surface area contributed by atoms with E-state index in [4.69, 9.17) is 28.4 Å². The Morgan fingerprint density at radius 1 is 0.829 bits per heavy atom. The maximum absolute atomic E-state index is 14.7. The van der Waals surface area contributed by atoms with Crippen LogP contribution in [0.3, 0.4) is 0 Å². The minimum absolute atomic E-state index is 0.000111. The Morgan fingerprint density at radius 3 is 2.23 bits per heavy atom. The number of methoxy groups -OCH3 is 3. The van der Waals surface area contributed by atoms with E-state index in [0.717, 1.165) is 37.3 Å². The van der Waals surface area contributed by atoms with E-state index in [-0.39, 0.29) is 55.2 Å². The molecule has 1 saturated carbocycles. The van der Waals surface area contributed by atoms with Crippen LogP contribution in [0.5, 0.6) is 0 Å². The van der Waals surface area contributed by atoms with Crippen LogP contribution >= 0.6 is 0 Å². The number of carbonyl (C=O) groups is 6. The molecule has 0 spiro atoms. The molecule has 82 heavy (non-hydrogen) atoms. The fraction of sp³-hybridized carbons (Fsp3) is 0.714. The topological polar surface area (TPSA) is 234 Å². The number of likely N-dealkylation sites (N-methyl/N-ethyl adjacent to an activating group) is 1. The third-order valence-electron chi connectivity index (χ3n) is 17.8. The van der Waals surface area contributed by atoms with Crippen LogP contribution < -0.4 is 4.90 Å². The molecule has 4 fully saturated rings. The number of nitrogens with zero attached hydrogens (tertiary/aromatic N) is 5. The lowest BCUT2D eigenvalue weighted by atomic mass is 9.78. The molecule has 1 aromatic heterocycles. The second-order valence-corrected chi connectivity index (χ2v) is 24.2. The van der Waals surface area contributed by atoms with E-state index in [1.165, 1.54) is 12.0 Å². The lowest BCUT2D eigenvalue weighted by molar-refractivity contribution is -0.265. The maximum Gasteiger partial charge on any atom is 0.329 e. The largest absolute Gasteiger partial charge is 0.460 e. The van der Waals surface area contributed by atoms with Crippen LogP contribution in [0.4, 0.5) is 5.95 Å². The van der Waals surface area contributed by atoms with Gasteiger partial charge >= 0.3 is 11.9 Å². The van der Waals surface area contributed by atoms with Gasteiger partial charge < -0.3 is 53.3 Å². The summed E-state index contributed by atoms with van der Waals surface area (Å²) in [4.78, 5) is 99.8. The van der Waals surface area contributed by atoms with E-state index in [2.05, 4.69) is 26.8 Å². The smallest absolute Gasteiger partial charge is 0.329 e. The summed E-state index contributed by atoms with van der Waals surface area (Å²) in [5.41, 5.74) is 2.08. The average Bonchev–Trinajstić information content (AvgIpc) is 3.54. The van der Waals surface area contributed by atoms with E-state index in [1.54, 1.807) is 53.5 Å². The fourth-order valence-corrected chi connectivity index (χ4v) is 12.4. The van der Waals surface area contributed by atoms with E-state index < -0.39 is 95.9 Å². The number of esters is 2. The predicted molar refractivity (Wildman–Crippen MR) is 309 cm³/mol. The van der Waals surface area contributed by atoms with Crippen molar-refractivity contribution >= 4 is 41.1 Å². The number of hydrogen-bond donors (Lipinski definition) is 2. The van der Waals surface area contributed by atoms with E-state index >= 15 is 0 Å². The Morgan fingerprint density at radius 2 is 1.55 bits per heavy atom. The van der Waals surface area contributed by atoms with Crippen LogP contribution in [0.15, 0.2) is 60.0 Å². The number of ketones is 3. The number of fused-ring (bicyclic) bond motifs is 3. The zero-order chi connectivity index (χ0) is 59.8. The molecule has 1 amide bonds. The molecule has 15 atom stereocenters. The van der Waals surface area contributed by atoms with Crippen molar-refractivity contribution in [2.24, 2.45) is 35.5 Å². The molecule has 4 aliphatic heterocycles. The third kappa shape index (κ3) is 17.8. The van der Waals surface area contributed by atoms with Crippen LogP contribution in [0.2, 0.25) is 0 Å². The number of rotatable bonds is 11. The molecule has 2 N–H and O–H groups in total. The van der Waals surface area contributed by atoms with Gasteiger partial charge in [0.05, 0.1) is 18.3 Å². The highest BCUT2D eigenvalue weighted by Crippen LogP contribution is 2.38. The van der Waals surface area contributed by atoms with Gasteiger partial charge in [-0.1, -0.05) is 71.1 Å². The molecule has 6 rings (SSSR count). The predicted octanol–water partition coefficient (Wildman–Crippen LogP) is 6.91. The second kappa shape index (κ2) is 31.2. The Bertz CT molecular complexity index is 2440. The van der Waals surface area contributed by atoms with Gasteiger partial charge in [0.2, 0.25) is 11.7 Å². The van der Waals surface area contributed by atoms with Crippen molar-refractivity contribution in [1.29, 1.82) is 0 Å². The van der Waals surface area contributed by atoms with Crippen molar-refractivity contribution in [3.8, 4) is 0 Å². The van der Waals surface area contributed by atoms with Gasteiger partial charge in [0.1, 0.15) is 36.2 Å². The summed E-state index contributed by atoms with van der Waals surface area (Å²) in [6.45, 7) is 16.3. The molecule has 19 heteroatoms. The Balaban J connectivity index is 1.20. The number of anilines is 1. The first-order valence-corrected chi connectivity index (χ1v) is 30.0. The Hall–Kier alpha value is -5.02. The summed E-state index contributed by atoms with van der Waals surface area (Å²) in [6, 6.07) is -1.18. The van der Waals surface area contributed by atoms with Gasteiger partial charge in [-0.3, -0.25) is 24.0 Å². The molecule has 19 nitrogen and oxygen atoms in total. The summed E-state index contributed by atoms with van der Waals surface area (Å²) < 4.78 is 36.0. The molecular formula is C63H95N5O14.